The van der Waals surface area contributed by atoms with Crippen molar-refractivity contribution in [1.82, 2.24) is 4.90 Å². The van der Waals surface area contributed by atoms with E-state index in [1.807, 2.05) is 68.6 Å². The van der Waals surface area contributed by atoms with Gasteiger partial charge < -0.3 is 10.2 Å². The quantitative estimate of drug-likeness (QED) is 0.813. The summed E-state index contributed by atoms with van der Waals surface area (Å²) in [4.78, 5) is 26.3. The fraction of sp³-hybridized carbons (Fsp3) is 0.263. The topological polar surface area (TPSA) is 49.4 Å². The number of hydrogen-bond donors (Lipinski definition) is 1. The highest BCUT2D eigenvalue weighted by molar-refractivity contribution is 8.00. The monoisotopic (exact) mass is 342 g/mol. The maximum absolute atomic E-state index is 12.5. The fourth-order valence-electron chi connectivity index (χ4n) is 2.32. The highest BCUT2D eigenvalue weighted by Gasteiger charge is 2.18. The maximum atomic E-state index is 12.5. The predicted molar refractivity (Wildman–Crippen MR) is 99.0 cm³/mol. The molecule has 2 aromatic rings. The van der Waals surface area contributed by atoms with Crippen molar-refractivity contribution in [2.45, 2.75) is 30.5 Å². The van der Waals surface area contributed by atoms with E-state index in [0.717, 1.165) is 16.1 Å². The molecule has 24 heavy (non-hydrogen) atoms. The van der Waals surface area contributed by atoms with Crippen molar-refractivity contribution in [3.8, 4) is 0 Å². The van der Waals surface area contributed by atoms with Gasteiger partial charge in [0.05, 0.1) is 5.25 Å². The Morgan fingerprint density at radius 1 is 1.08 bits per heavy atom. The number of rotatable bonds is 6. The summed E-state index contributed by atoms with van der Waals surface area (Å²) in [6, 6.07) is 17.5. The largest absolute Gasteiger partial charge is 0.340 e. The van der Waals surface area contributed by atoms with Crippen LogP contribution in [0.5, 0.6) is 0 Å². The van der Waals surface area contributed by atoms with E-state index in [4.69, 9.17) is 0 Å². The molecule has 0 fully saturated rings. The Kier molecular flexibility index (Phi) is 6.44. The molecular formula is C19H22N2O2S. The van der Waals surface area contributed by atoms with E-state index >= 15 is 0 Å². The number of amides is 2. The molecule has 0 heterocycles. The van der Waals surface area contributed by atoms with Crippen LogP contribution in [0.4, 0.5) is 5.69 Å². The zero-order valence-corrected chi connectivity index (χ0v) is 15.0. The van der Waals surface area contributed by atoms with Gasteiger partial charge in [0.2, 0.25) is 11.8 Å². The molecule has 1 atom stereocenters. The van der Waals surface area contributed by atoms with Crippen molar-refractivity contribution in [3.63, 3.8) is 0 Å². The second-order valence-electron chi connectivity index (χ2n) is 5.65. The molecule has 2 aromatic carbocycles. The first kappa shape index (κ1) is 18.1. The zero-order chi connectivity index (χ0) is 17.5. The fourth-order valence-corrected chi connectivity index (χ4v) is 3.30. The summed E-state index contributed by atoms with van der Waals surface area (Å²) in [7, 11) is 1.83. The van der Waals surface area contributed by atoms with Gasteiger partial charge in [0.25, 0.3) is 0 Å². The van der Waals surface area contributed by atoms with Crippen LogP contribution in [0.1, 0.15) is 19.4 Å². The van der Waals surface area contributed by atoms with Crippen LogP contribution in [0.3, 0.4) is 0 Å². The molecule has 0 bridgehead atoms. The molecule has 4 nitrogen and oxygen atoms in total. The minimum atomic E-state index is -0.176. The molecule has 2 rings (SSSR count). The van der Waals surface area contributed by atoms with Crippen LogP contribution >= 0.6 is 11.8 Å². The molecule has 0 spiro atoms. The Labute approximate surface area is 147 Å². The second-order valence-corrected chi connectivity index (χ2v) is 7.06. The molecule has 0 aliphatic rings. The molecular weight excluding hydrogens is 320 g/mol. The van der Waals surface area contributed by atoms with Crippen molar-refractivity contribution >= 4 is 29.3 Å². The standard InChI is InChI=1S/C19H22N2O2S/c1-14(19(23)21(3)13-16-7-5-4-6-8-16)24-18-11-9-17(10-12-18)20-15(2)22/h4-12,14H,13H2,1-3H3,(H,20,22)/t14-/m1/s1. The number of carbonyl (C=O) groups is 2. The number of thioether (sulfide) groups is 1. The van der Waals surface area contributed by atoms with Gasteiger partial charge in [0.15, 0.2) is 0 Å². The van der Waals surface area contributed by atoms with Crippen LogP contribution < -0.4 is 5.32 Å². The molecule has 0 radical (unpaired) electrons. The predicted octanol–water partition coefficient (Wildman–Crippen LogP) is 3.78. The Hall–Kier alpha value is -2.27. The van der Waals surface area contributed by atoms with E-state index in [9.17, 15) is 9.59 Å². The Bertz CT molecular complexity index is 686. The molecule has 0 aliphatic heterocycles. The van der Waals surface area contributed by atoms with E-state index in [-0.39, 0.29) is 17.1 Å². The van der Waals surface area contributed by atoms with Crippen LogP contribution in [0.2, 0.25) is 0 Å². The van der Waals surface area contributed by atoms with Gasteiger partial charge in [-0.25, -0.2) is 0 Å². The summed E-state index contributed by atoms with van der Waals surface area (Å²) in [5.41, 5.74) is 1.87. The number of nitrogens with zero attached hydrogens (tertiary/aromatic N) is 1. The Morgan fingerprint density at radius 3 is 2.29 bits per heavy atom. The van der Waals surface area contributed by atoms with Gasteiger partial charge in [-0.1, -0.05) is 30.3 Å². The third-order valence-corrected chi connectivity index (χ3v) is 4.57. The maximum Gasteiger partial charge on any atom is 0.235 e. The Morgan fingerprint density at radius 2 is 1.71 bits per heavy atom. The lowest BCUT2D eigenvalue weighted by molar-refractivity contribution is -0.129. The highest BCUT2D eigenvalue weighted by atomic mass is 32.2. The summed E-state index contributed by atoms with van der Waals surface area (Å²) in [5, 5.41) is 2.55. The molecule has 0 saturated heterocycles. The molecule has 0 aromatic heterocycles. The van der Waals surface area contributed by atoms with E-state index in [1.165, 1.54) is 18.7 Å². The molecule has 0 unspecified atom stereocenters. The number of hydrogen-bond acceptors (Lipinski definition) is 3. The van der Waals surface area contributed by atoms with E-state index < -0.39 is 0 Å². The Balaban J connectivity index is 1.92. The van der Waals surface area contributed by atoms with Crippen molar-refractivity contribution < 1.29 is 9.59 Å². The van der Waals surface area contributed by atoms with E-state index in [2.05, 4.69) is 5.32 Å². The summed E-state index contributed by atoms with van der Waals surface area (Å²) >= 11 is 1.51. The minimum Gasteiger partial charge on any atom is -0.340 e. The van der Waals surface area contributed by atoms with Gasteiger partial charge in [-0.15, -0.1) is 11.8 Å². The van der Waals surface area contributed by atoms with Gasteiger partial charge in [-0.3, -0.25) is 9.59 Å². The number of nitrogens with one attached hydrogen (secondary N) is 1. The normalized spacial score (nSPS) is 11.6. The lowest BCUT2D eigenvalue weighted by Crippen LogP contribution is -2.32. The molecule has 1 N–H and O–H groups in total. The summed E-state index contributed by atoms with van der Waals surface area (Å²) < 4.78 is 0. The lowest BCUT2D eigenvalue weighted by Gasteiger charge is -2.21. The van der Waals surface area contributed by atoms with Gasteiger partial charge in [-0.05, 0) is 36.8 Å². The van der Waals surface area contributed by atoms with Crippen molar-refractivity contribution in [2.75, 3.05) is 12.4 Å². The van der Waals surface area contributed by atoms with Gasteiger partial charge >= 0.3 is 0 Å². The highest BCUT2D eigenvalue weighted by Crippen LogP contribution is 2.26. The van der Waals surface area contributed by atoms with Crippen LogP contribution in [0.15, 0.2) is 59.5 Å². The van der Waals surface area contributed by atoms with Crippen LogP contribution in [0, 0.1) is 0 Å². The summed E-state index contributed by atoms with van der Waals surface area (Å²) in [6.45, 7) is 3.99. The molecule has 126 valence electrons. The molecule has 2 amide bonds. The number of benzene rings is 2. The summed E-state index contributed by atoms with van der Waals surface area (Å²) in [6.07, 6.45) is 0. The zero-order valence-electron chi connectivity index (χ0n) is 14.2. The van der Waals surface area contributed by atoms with Gasteiger partial charge in [0, 0.05) is 31.1 Å². The third kappa shape index (κ3) is 5.42. The third-order valence-electron chi connectivity index (χ3n) is 3.47. The van der Waals surface area contributed by atoms with Crippen LogP contribution in [-0.2, 0) is 16.1 Å². The average Bonchev–Trinajstić information content (AvgIpc) is 2.56. The number of carbonyl (C=O) groups excluding carboxylic acids is 2. The second kappa shape index (κ2) is 8.55. The van der Waals surface area contributed by atoms with Crippen molar-refractivity contribution in [3.05, 3.63) is 60.2 Å². The van der Waals surface area contributed by atoms with Gasteiger partial charge in [0.1, 0.15) is 0 Å². The van der Waals surface area contributed by atoms with Crippen LogP contribution in [0.25, 0.3) is 0 Å². The smallest absolute Gasteiger partial charge is 0.235 e. The van der Waals surface area contributed by atoms with Crippen molar-refractivity contribution in [1.29, 1.82) is 0 Å². The first-order valence-electron chi connectivity index (χ1n) is 7.79. The first-order valence-corrected chi connectivity index (χ1v) is 8.67. The van der Waals surface area contributed by atoms with E-state index in [0.29, 0.717) is 6.54 Å². The average molecular weight is 342 g/mol. The molecule has 5 heteroatoms. The van der Waals surface area contributed by atoms with Crippen molar-refractivity contribution in [2.24, 2.45) is 0 Å². The first-order chi connectivity index (χ1) is 11.5. The van der Waals surface area contributed by atoms with Crippen LogP contribution in [-0.4, -0.2) is 29.0 Å². The minimum absolute atomic E-state index is 0.0924. The SMILES string of the molecule is CC(=O)Nc1ccc(S[C@H](C)C(=O)N(C)Cc2ccccc2)cc1. The molecule has 0 aliphatic carbocycles. The number of anilines is 1. The van der Waals surface area contributed by atoms with Gasteiger partial charge in [-0.2, -0.15) is 0 Å². The van der Waals surface area contributed by atoms with E-state index in [1.54, 1.807) is 4.90 Å². The lowest BCUT2D eigenvalue weighted by atomic mass is 10.2. The molecule has 0 saturated carbocycles. The summed E-state index contributed by atoms with van der Waals surface area (Å²) in [5.74, 6) is -0.00345.